The molecule has 0 atom stereocenters. The molecule has 0 saturated heterocycles. The van der Waals surface area contributed by atoms with Gasteiger partial charge in [-0.2, -0.15) is 4.39 Å². The summed E-state index contributed by atoms with van der Waals surface area (Å²) in [6.07, 6.45) is 1.21. The zero-order valence-corrected chi connectivity index (χ0v) is 12.2. The predicted octanol–water partition coefficient (Wildman–Crippen LogP) is 3.03. The largest absolute Gasteiger partial charge is 0.492 e. The summed E-state index contributed by atoms with van der Waals surface area (Å²) < 4.78 is 18.2. The van der Waals surface area contributed by atoms with E-state index in [0.717, 1.165) is 6.07 Å². The first-order chi connectivity index (χ1) is 10.1. The van der Waals surface area contributed by atoms with Gasteiger partial charge in [0.15, 0.2) is 0 Å². The maximum atomic E-state index is 12.7. The number of benzene rings is 1. The summed E-state index contributed by atoms with van der Waals surface area (Å²) in [5.74, 6) is -0.206. The second-order valence-electron chi connectivity index (χ2n) is 4.40. The number of nitrogens with zero attached hydrogens (tertiary/aromatic N) is 2. The number of pyridine rings is 1. The van der Waals surface area contributed by atoms with Gasteiger partial charge in [-0.1, -0.05) is 17.7 Å². The van der Waals surface area contributed by atoms with E-state index in [9.17, 15) is 9.18 Å². The molecular weight excluding hydrogens is 295 g/mol. The molecule has 0 aliphatic carbocycles. The van der Waals surface area contributed by atoms with Crippen molar-refractivity contribution in [1.82, 2.24) is 9.88 Å². The van der Waals surface area contributed by atoms with Crippen molar-refractivity contribution in [3.8, 4) is 5.75 Å². The first-order valence-corrected chi connectivity index (χ1v) is 6.69. The number of aromatic nitrogens is 1. The quantitative estimate of drug-likeness (QED) is 0.797. The monoisotopic (exact) mass is 308 g/mol. The minimum atomic E-state index is -0.613. The molecule has 0 unspecified atom stereocenters. The summed E-state index contributed by atoms with van der Waals surface area (Å²) in [5.41, 5.74) is 0.335. The van der Waals surface area contributed by atoms with Gasteiger partial charge in [-0.15, -0.1) is 0 Å². The van der Waals surface area contributed by atoms with Gasteiger partial charge in [0.05, 0.1) is 12.1 Å². The summed E-state index contributed by atoms with van der Waals surface area (Å²) in [7, 11) is 1.65. The lowest BCUT2D eigenvalue weighted by Crippen LogP contribution is -2.31. The van der Waals surface area contributed by atoms with Crippen LogP contribution in [-0.4, -0.2) is 36.0 Å². The van der Waals surface area contributed by atoms with Gasteiger partial charge < -0.3 is 9.64 Å². The Labute approximate surface area is 127 Å². The molecule has 2 aromatic rings. The van der Waals surface area contributed by atoms with E-state index in [1.54, 1.807) is 31.3 Å². The van der Waals surface area contributed by atoms with Crippen molar-refractivity contribution in [3.63, 3.8) is 0 Å². The van der Waals surface area contributed by atoms with Crippen LogP contribution in [0.4, 0.5) is 4.39 Å². The van der Waals surface area contributed by atoms with Gasteiger partial charge in [0.2, 0.25) is 5.95 Å². The summed E-state index contributed by atoms with van der Waals surface area (Å²) in [6, 6.07) is 9.59. The molecule has 0 spiro atoms. The highest BCUT2D eigenvalue weighted by atomic mass is 35.5. The number of rotatable bonds is 5. The fourth-order valence-corrected chi connectivity index (χ4v) is 1.86. The molecule has 0 aliphatic rings. The minimum absolute atomic E-state index is 0.239. The number of amides is 1. The van der Waals surface area contributed by atoms with Crippen LogP contribution < -0.4 is 4.74 Å². The van der Waals surface area contributed by atoms with Crippen LogP contribution in [-0.2, 0) is 0 Å². The number of hydrogen-bond donors (Lipinski definition) is 0. The molecule has 1 aromatic carbocycles. The van der Waals surface area contributed by atoms with Crippen LogP contribution in [0.1, 0.15) is 10.4 Å². The third kappa shape index (κ3) is 4.43. The van der Waals surface area contributed by atoms with E-state index in [0.29, 0.717) is 29.5 Å². The standard InChI is InChI=1S/C15H14ClFN2O2/c1-19(15(20)11-5-6-14(17)18-10-11)7-8-21-13-4-2-3-12(16)9-13/h2-6,9-10H,7-8H2,1H3. The minimum Gasteiger partial charge on any atom is -0.492 e. The van der Waals surface area contributed by atoms with Crippen molar-refractivity contribution < 1.29 is 13.9 Å². The van der Waals surface area contributed by atoms with Gasteiger partial charge in [0.25, 0.3) is 5.91 Å². The molecule has 21 heavy (non-hydrogen) atoms. The first kappa shape index (κ1) is 15.3. The molecule has 6 heteroatoms. The molecule has 0 fully saturated rings. The van der Waals surface area contributed by atoms with Gasteiger partial charge in [0, 0.05) is 18.3 Å². The van der Waals surface area contributed by atoms with Gasteiger partial charge in [-0.05, 0) is 30.3 Å². The molecule has 0 saturated carbocycles. The van der Waals surface area contributed by atoms with E-state index in [4.69, 9.17) is 16.3 Å². The van der Waals surface area contributed by atoms with E-state index >= 15 is 0 Å². The first-order valence-electron chi connectivity index (χ1n) is 6.31. The number of halogens is 2. The average molecular weight is 309 g/mol. The molecule has 0 N–H and O–H groups in total. The number of ether oxygens (including phenoxy) is 1. The molecule has 0 aliphatic heterocycles. The van der Waals surface area contributed by atoms with Gasteiger partial charge >= 0.3 is 0 Å². The summed E-state index contributed by atoms with van der Waals surface area (Å²) in [4.78, 5) is 17.0. The molecule has 0 radical (unpaired) electrons. The van der Waals surface area contributed by atoms with Gasteiger partial charge in [-0.3, -0.25) is 4.79 Å². The van der Waals surface area contributed by atoms with Crippen LogP contribution >= 0.6 is 11.6 Å². The normalized spacial score (nSPS) is 10.2. The van der Waals surface area contributed by atoms with Gasteiger partial charge in [-0.25, -0.2) is 4.98 Å². The Balaban J connectivity index is 1.85. The second kappa shape index (κ2) is 7.04. The fourth-order valence-electron chi connectivity index (χ4n) is 1.68. The van der Waals surface area contributed by atoms with E-state index in [-0.39, 0.29) is 5.91 Å². The zero-order valence-electron chi connectivity index (χ0n) is 11.4. The third-order valence-electron chi connectivity index (χ3n) is 2.81. The van der Waals surface area contributed by atoms with Crippen molar-refractivity contribution in [2.24, 2.45) is 0 Å². The van der Waals surface area contributed by atoms with Crippen molar-refractivity contribution >= 4 is 17.5 Å². The van der Waals surface area contributed by atoms with E-state index < -0.39 is 5.95 Å². The smallest absolute Gasteiger partial charge is 0.255 e. The Hall–Kier alpha value is -2.14. The molecule has 1 aromatic heterocycles. The molecule has 1 heterocycles. The number of hydrogen-bond acceptors (Lipinski definition) is 3. The highest BCUT2D eigenvalue weighted by Gasteiger charge is 2.12. The average Bonchev–Trinajstić information content (AvgIpc) is 2.47. The van der Waals surface area contributed by atoms with Crippen LogP contribution in [0.25, 0.3) is 0 Å². The highest BCUT2D eigenvalue weighted by Crippen LogP contribution is 2.16. The molecule has 1 amide bonds. The molecule has 2 rings (SSSR count). The fraction of sp³-hybridized carbons (Fsp3) is 0.200. The predicted molar refractivity (Wildman–Crippen MR) is 78.1 cm³/mol. The Morgan fingerprint density at radius 3 is 2.86 bits per heavy atom. The van der Waals surface area contributed by atoms with Crippen LogP contribution in [0.15, 0.2) is 42.6 Å². The molecular formula is C15H14ClFN2O2. The van der Waals surface area contributed by atoms with Crippen LogP contribution in [0.2, 0.25) is 5.02 Å². The summed E-state index contributed by atoms with van der Waals surface area (Å²) in [6.45, 7) is 0.722. The Kier molecular flexibility index (Phi) is 5.11. The molecule has 0 bridgehead atoms. The topological polar surface area (TPSA) is 42.4 Å². The van der Waals surface area contributed by atoms with Gasteiger partial charge in [0.1, 0.15) is 12.4 Å². The van der Waals surface area contributed by atoms with E-state index in [1.807, 2.05) is 0 Å². The van der Waals surface area contributed by atoms with Crippen LogP contribution in [0, 0.1) is 5.95 Å². The summed E-state index contributed by atoms with van der Waals surface area (Å²) in [5, 5.41) is 0.592. The molecule has 110 valence electrons. The second-order valence-corrected chi connectivity index (χ2v) is 4.84. The highest BCUT2D eigenvalue weighted by molar-refractivity contribution is 6.30. The third-order valence-corrected chi connectivity index (χ3v) is 3.05. The van der Waals surface area contributed by atoms with Crippen LogP contribution in [0.5, 0.6) is 5.75 Å². The number of carbonyl (C=O) groups excluding carboxylic acids is 1. The lowest BCUT2D eigenvalue weighted by atomic mass is 10.2. The number of carbonyl (C=O) groups is 1. The SMILES string of the molecule is CN(CCOc1cccc(Cl)c1)C(=O)c1ccc(F)nc1. The maximum Gasteiger partial charge on any atom is 0.255 e. The Morgan fingerprint density at radius 1 is 1.38 bits per heavy atom. The summed E-state index contributed by atoms with van der Waals surface area (Å²) >= 11 is 5.85. The Bertz CT molecular complexity index is 619. The van der Waals surface area contributed by atoms with E-state index in [2.05, 4.69) is 4.98 Å². The zero-order chi connectivity index (χ0) is 15.2. The molecule has 4 nitrogen and oxygen atoms in total. The van der Waals surface area contributed by atoms with Crippen molar-refractivity contribution in [2.45, 2.75) is 0 Å². The van der Waals surface area contributed by atoms with E-state index in [1.165, 1.54) is 17.2 Å². The van der Waals surface area contributed by atoms with Crippen LogP contribution in [0.3, 0.4) is 0 Å². The lowest BCUT2D eigenvalue weighted by Gasteiger charge is -2.17. The maximum absolute atomic E-state index is 12.7. The van der Waals surface area contributed by atoms with Crippen molar-refractivity contribution in [2.75, 3.05) is 20.2 Å². The van der Waals surface area contributed by atoms with Crippen molar-refractivity contribution in [3.05, 3.63) is 59.1 Å². The Morgan fingerprint density at radius 2 is 2.19 bits per heavy atom. The van der Waals surface area contributed by atoms with Crippen molar-refractivity contribution in [1.29, 1.82) is 0 Å². The lowest BCUT2D eigenvalue weighted by molar-refractivity contribution is 0.0773. The number of likely N-dealkylation sites (N-methyl/N-ethyl adjacent to an activating group) is 1.